The molecule has 0 saturated heterocycles. The van der Waals surface area contributed by atoms with E-state index in [9.17, 15) is 13.6 Å². The highest BCUT2D eigenvalue weighted by molar-refractivity contribution is 5.75. The van der Waals surface area contributed by atoms with E-state index in [2.05, 4.69) is 4.98 Å². The van der Waals surface area contributed by atoms with Crippen LogP contribution in [0, 0.1) is 0 Å². The van der Waals surface area contributed by atoms with Gasteiger partial charge < -0.3 is 15.2 Å². The van der Waals surface area contributed by atoms with Gasteiger partial charge in [0, 0.05) is 17.3 Å². The third-order valence-electron chi connectivity index (χ3n) is 2.26. The normalized spacial score (nSPS) is 10.5. The van der Waals surface area contributed by atoms with Crippen molar-refractivity contribution in [3.8, 4) is 5.75 Å². The number of carbonyl (C=O) groups excluding carboxylic acids is 1. The molecule has 18 heavy (non-hydrogen) atoms. The molecule has 5 nitrogen and oxygen atoms in total. The first-order valence-corrected chi connectivity index (χ1v) is 5.26. The average Bonchev–Trinajstić information content (AvgIpc) is 2.29. The van der Waals surface area contributed by atoms with Crippen molar-refractivity contribution in [3.05, 3.63) is 17.3 Å². The number of aromatic nitrogens is 1. The number of rotatable bonds is 5. The van der Waals surface area contributed by atoms with E-state index in [0.29, 0.717) is 0 Å². The summed E-state index contributed by atoms with van der Waals surface area (Å²) in [6.07, 6.45) is -2.16. The maximum atomic E-state index is 12.8. The molecule has 1 aromatic heterocycles. The van der Waals surface area contributed by atoms with Gasteiger partial charge in [-0.25, -0.2) is 13.8 Å². The highest BCUT2D eigenvalue weighted by atomic mass is 19.3. The molecule has 0 aliphatic heterocycles. The smallest absolute Gasteiger partial charge is 0.310 e. The van der Waals surface area contributed by atoms with Gasteiger partial charge in [-0.05, 0) is 6.92 Å². The van der Waals surface area contributed by atoms with Gasteiger partial charge >= 0.3 is 5.97 Å². The number of esters is 1. The number of carbonyl (C=O) groups is 1. The largest absolute Gasteiger partial charge is 0.493 e. The molecule has 0 aromatic carbocycles. The maximum absolute atomic E-state index is 12.8. The Morgan fingerprint density at radius 1 is 1.56 bits per heavy atom. The summed E-state index contributed by atoms with van der Waals surface area (Å²) in [6, 6.07) is 0. The molecule has 0 aliphatic rings. The van der Waals surface area contributed by atoms with Crippen LogP contribution in [0.25, 0.3) is 0 Å². The second-order valence-electron chi connectivity index (χ2n) is 3.39. The zero-order valence-corrected chi connectivity index (χ0v) is 10.1. The van der Waals surface area contributed by atoms with Gasteiger partial charge in [0.2, 0.25) is 0 Å². The molecule has 0 aliphatic carbocycles. The van der Waals surface area contributed by atoms with Crippen molar-refractivity contribution in [2.45, 2.75) is 19.8 Å². The van der Waals surface area contributed by atoms with Crippen LogP contribution in [0.1, 0.15) is 24.5 Å². The second-order valence-corrected chi connectivity index (χ2v) is 3.39. The number of nitrogens with zero attached hydrogens (tertiary/aromatic N) is 1. The molecular weight excluding hydrogens is 246 g/mol. The molecule has 1 rings (SSSR count). The van der Waals surface area contributed by atoms with Crippen molar-refractivity contribution in [2.75, 3.05) is 19.5 Å². The summed E-state index contributed by atoms with van der Waals surface area (Å²) >= 11 is 0. The number of halogens is 2. The van der Waals surface area contributed by atoms with Gasteiger partial charge in [-0.1, -0.05) is 0 Å². The SMILES string of the molecule is CCOC(=O)Cc1c(C(F)F)cnc(N)c1OC. The van der Waals surface area contributed by atoms with E-state index in [1.54, 1.807) is 6.92 Å². The van der Waals surface area contributed by atoms with Crippen molar-refractivity contribution >= 4 is 11.8 Å². The van der Waals surface area contributed by atoms with Crippen LogP contribution in [-0.2, 0) is 16.0 Å². The van der Waals surface area contributed by atoms with E-state index in [0.717, 1.165) is 6.20 Å². The number of alkyl halides is 2. The molecule has 0 amide bonds. The van der Waals surface area contributed by atoms with Gasteiger partial charge in [0.1, 0.15) is 0 Å². The number of ether oxygens (including phenoxy) is 2. The number of anilines is 1. The molecule has 0 atom stereocenters. The summed E-state index contributed by atoms with van der Waals surface area (Å²) in [6.45, 7) is 1.80. The Hall–Kier alpha value is -1.92. The highest BCUT2D eigenvalue weighted by Crippen LogP contribution is 2.33. The number of hydrogen-bond donors (Lipinski definition) is 1. The predicted molar refractivity (Wildman–Crippen MR) is 60.5 cm³/mol. The Morgan fingerprint density at radius 3 is 2.72 bits per heavy atom. The molecule has 1 heterocycles. The zero-order valence-electron chi connectivity index (χ0n) is 10.1. The van der Waals surface area contributed by atoms with Crippen molar-refractivity contribution < 1.29 is 23.0 Å². The third-order valence-corrected chi connectivity index (χ3v) is 2.26. The Morgan fingerprint density at radius 2 is 2.22 bits per heavy atom. The number of pyridine rings is 1. The molecule has 0 radical (unpaired) electrons. The molecule has 0 unspecified atom stereocenters. The quantitative estimate of drug-likeness (QED) is 0.816. The molecule has 0 fully saturated rings. The van der Waals surface area contributed by atoms with Crippen LogP contribution in [0.15, 0.2) is 6.20 Å². The highest BCUT2D eigenvalue weighted by Gasteiger charge is 2.22. The van der Waals surface area contributed by atoms with Gasteiger partial charge in [0.25, 0.3) is 6.43 Å². The lowest BCUT2D eigenvalue weighted by molar-refractivity contribution is -0.142. The van der Waals surface area contributed by atoms with E-state index < -0.39 is 12.4 Å². The standard InChI is InChI=1S/C11H14F2N2O3/c1-3-18-8(16)4-6-7(10(12)13)5-15-11(14)9(6)17-2/h5,10H,3-4H2,1-2H3,(H2,14,15). The summed E-state index contributed by atoms with van der Waals surface area (Å²) in [5, 5.41) is 0. The Balaban J connectivity index is 3.19. The number of hydrogen-bond acceptors (Lipinski definition) is 5. The lowest BCUT2D eigenvalue weighted by Crippen LogP contribution is -2.12. The Bertz CT molecular complexity index is 439. The van der Waals surface area contributed by atoms with Crippen LogP contribution in [-0.4, -0.2) is 24.7 Å². The monoisotopic (exact) mass is 260 g/mol. The first kappa shape index (κ1) is 14.1. The molecule has 0 bridgehead atoms. The van der Waals surface area contributed by atoms with Crippen molar-refractivity contribution in [3.63, 3.8) is 0 Å². The molecule has 0 spiro atoms. The van der Waals surface area contributed by atoms with Crippen LogP contribution in [0.5, 0.6) is 5.75 Å². The molecule has 100 valence electrons. The van der Waals surface area contributed by atoms with Crippen LogP contribution in [0.2, 0.25) is 0 Å². The first-order valence-electron chi connectivity index (χ1n) is 5.26. The minimum atomic E-state index is -2.77. The van der Waals surface area contributed by atoms with Crippen LogP contribution in [0.3, 0.4) is 0 Å². The Kier molecular flexibility index (Phi) is 4.82. The van der Waals surface area contributed by atoms with Crippen LogP contribution >= 0.6 is 0 Å². The van der Waals surface area contributed by atoms with Gasteiger partial charge in [-0.3, -0.25) is 4.79 Å². The number of nitrogen functional groups attached to an aromatic ring is 1. The van der Waals surface area contributed by atoms with Gasteiger partial charge in [0.05, 0.1) is 20.1 Å². The van der Waals surface area contributed by atoms with E-state index in [1.807, 2.05) is 0 Å². The minimum absolute atomic E-state index is 0.0125. The summed E-state index contributed by atoms with van der Waals surface area (Å²) < 4.78 is 35.3. The van der Waals surface area contributed by atoms with E-state index in [4.69, 9.17) is 15.2 Å². The summed E-state index contributed by atoms with van der Waals surface area (Å²) in [5.41, 5.74) is 5.15. The topological polar surface area (TPSA) is 74.4 Å². The lowest BCUT2D eigenvalue weighted by atomic mass is 10.1. The maximum Gasteiger partial charge on any atom is 0.310 e. The molecule has 2 N–H and O–H groups in total. The van der Waals surface area contributed by atoms with Crippen molar-refractivity contribution in [1.82, 2.24) is 4.98 Å². The fourth-order valence-corrected chi connectivity index (χ4v) is 1.52. The lowest BCUT2D eigenvalue weighted by Gasteiger charge is -2.14. The zero-order chi connectivity index (χ0) is 13.7. The third kappa shape index (κ3) is 3.06. The van der Waals surface area contributed by atoms with E-state index >= 15 is 0 Å². The second kappa shape index (κ2) is 6.13. The predicted octanol–water partition coefficient (Wildman–Crippen LogP) is 1.72. The number of methoxy groups -OCH3 is 1. The van der Waals surface area contributed by atoms with E-state index in [-0.39, 0.29) is 35.7 Å². The van der Waals surface area contributed by atoms with Crippen LogP contribution in [0.4, 0.5) is 14.6 Å². The number of nitrogens with two attached hydrogens (primary N) is 1. The summed E-state index contributed by atoms with van der Waals surface area (Å²) in [5.74, 6) is -0.676. The van der Waals surface area contributed by atoms with Crippen molar-refractivity contribution in [1.29, 1.82) is 0 Å². The Labute approximate surface area is 103 Å². The van der Waals surface area contributed by atoms with Crippen LogP contribution < -0.4 is 10.5 Å². The average molecular weight is 260 g/mol. The van der Waals surface area contributed by atoms with Gasteiger partial charge in [-0.15, -0.1) is 0 Å². The molecule has 7 heteroatoms. The van der Waals surface area contributed by atoms with Crippen molar-refractivity contribution in [2.24, 2.45) is 0 Å². The fourth-order valence-electron chi connectivity index (χ4n) is 1.52. The van der Waals surface area contributed by atoms with Gasteiger partial charge in [-0.2, -0.15) is 0 Å². The minimum Gasteiger partial charge on any atom is -0.493 e. The van der Waals surface area contributed by atoms with Gasteiger partial charge in [0.15, 0.2) is 11.6 Å². The van der Waals surface area contributed by atoms with E-state index in [1.165, 1.54) is 7.11 Å². The molecule has 1 aromatic rings. The fraction of sp³-hybridized carbons (Fsp3) is 0.455. The summed E-state index contributed by atoms with van der Waals surface area (Å²) in [4.78, 5) is 15.0. The summed E-state index contributed by atoms with van der Waals surface area (Å²) in [7, 11) is 1.28. The first-order chi connectivity index (χ1) is 8.51. The molecular formula is C11H14F2N2O3. The molecule has 0 saturated carbocycles.